The lowest BCUT2D eigenvalue weighted by Gasteiger charge is -2.25. The van der Waals surface area contributed by atoms with Crippen LogP contribution in [0.5, 0.6) is 0 Å². The lowest BCUT2D eigenvalue weighted by molar-refractivity contribution is -0.137. The number of aryl methyl sites for hydroxylation is 1. The van der Waals surface area contributed by atoms with Gasteiger partial charge in [0.15, 0.2) is 5.78 Å². The summed E-state index contributed by atoms with van der Waals surface area (Å²) in [4.78, 5) is 13.2. The topological polar surface area (TPSA) is 54.5 Å². The fourth-order valence-electron chi connectivity index (χ4n) is 4.80. The van der Waals surface area contributed by atoms with Crippen LogP contribution in [0.1, 0.15) is 24.0 Å². The van der Waals surface area contributed by atoms with Gasteiger partial charge in [-0.15, -0.1) is 11.3 Å². The van der Waals surface area contributed by atoms with Gasteiger partial charge in [-0.25, -0.2) is 8.42 Å². The van der Waals surface area contributed by atoms with Gasteiger partial charge in [-0.3, -0.25) is 4.79 Å². The van der Waals surface area contributed by atoms with E-state index in [4.69, 9.17) is 11.6 Å². The molecular weight excluding hydrogens is 519 g/mol. The van der Waals surface area contributed by atoms with Crippen molar-refractivity contribution in [3.63, 3.8) is 0 Å². The summed E-state index contributed by atoms with van der Waals surface area (Å²) in [5.41, 5.74) is 1.56. The molecule has 3 aromatic rings. The second-order valence-corrected chi connectivity index (χ2v) is 12.8. The molecule has 1 aromatic heterocycles. The summed E-state index contributed by atoms with van der Waals surface area (Å²) in [7, 11) is -3.79. The Bertz CT molecular complexity index is 1370. The SMILES string of the molecule is O=C(CCc1cccc(-c2ccc(C(F)(F)F)cc2)c1)[C@@H]1[C@H]2C[C@H]2CN1S(=O)(=O)c1ccc(Cl)s1. The Morgan fingerprint density at radius 1 is 1.06 bits per heavy atom. The number of fused-ring (bicyclic) bond motifs is 1. The van der Waals surface area contributed by atoms with Gasteiger partial charge in [0.05, 0.1) is 15.9 Å². The van der Waals surface area contributed by atoms with E-state index in [0.717, 1.165) is 41.0 Å². The Labute approximate surface area is 210 Å². The van der Waals surface area contributed by atoms with Crippen LogP contribution >= 0.6 is 22.9 Å². The van der Waals surface area contributed by atoms with Gasteiger partial charge in [-0.2, -0.15) is 17.5 Å². The summed E-state index contributed by atoms with van der Waals surface area (Å²) >= 11 is 6.92. The fourth-order valence-corrected chi connectivity index (χ4v) is 8.12. The number of alkyl halides is 3. The Morgan fingerprint density at radius 3 is 2.46 bits per heavy atom. The normalized spacial score (nSPS) is 22.2. The van der Waals surface area contributed by atoms with E-state index in [-0.39, 0.29) is 28.2 Å². The van der Waals surface area contributed by atoms with Crippen LogP contribution in [0.2, 0.25) is 4.34 Å². The quantitative estimate of drug-likeness (QED) is 0.354. The molecule has 3 atom stereocenters. The Balaban J connectivity index is 1.29. The maximum Gasteiger partial charge on any atom is 0.416 e. The number of piperidine rings is 1. The molecule has 35 heavy (non-hydrogen) atoms. The van der Waals surface area contributed by atoms with Gasteiger partial charge >= 0.3 is 6.18 Å². The highest BCUT2D eigenvalue weighted by molar-refractivity contribution is 7.91. The molecule has 2 heterocycles. The molecule has 1 aliphatic carbocycles. The van der Waals surface area contributed by atoms with E-state index in [9.17, 15) is 26.4 Å². The van der Waals surface area contributed by atoms with Crippen molar-refractivity contribution < 1.29 is 26.4 Å². The molecule has 1 aliphatic heterocycles. The summed E-state index contributed by atoms with van der Waals surface area (Å²) in [5, 5.41) is 0. The number of halogens is 4. The molecule has 184 valence electrons. The number of sulfonamides is 1. The van der Waals surface area contributed by atoms with Crippen LogP contribution in [0.4, 0.5) is 13.2 Å². The van der Waals surface area contributed by atoms with Gasteiger partial charge < -0.3 is 0 Å². The molecule has 4 nitrogen and oxygen atoms in total. The molecule has 0 amide bonds. The monoisotopic (exact) mass is 539 g/mol. The van der Waals surface area contributed by atoms with Crippen LogP contribution in [0.3, 0.4) is 0 Å². The van der Waals surface area contributed by atoms with Gasteiger partial charge in [-0.05, 0) is 65.6 Å². The summed E-state index contributed by atoms with van der Waals surface area (Å²) in [6.45, 7) is 0.350. The first-order chi connectivity index (χ1) is 16.5. The smallest absolute Gasteiger partial charge is 0.298 e. The van der Waals surface area contributed by atoms with Gasteiger partial charge in [0.25, 0.3) is 10.0 Å². The molecular formula is C25H21ClF3NO3S2. The number of thiophene rings is 1. The number of carbonyl (C=O) groups is 1. The molecule has 2 aliphatic rings. The van der Waals surface area contributed by atoms with Gasteiger partial charge in [0.1, 0.15) is 4.21 Å². The van der Waals surface area contributed by atoms with Gasteiger partial charge in [0.2, 0.25) is 0 Å². The first-order valence-electron chi connectivity index (χ1n) is 11.1. The Kier molecular flexibility index (Phi) is 6.32. The van der Waals surface area contributed by atoms with Crippen molar-refractivity contribution >= 4 is 38.7 Å². The van der Waals surface area contributed by atoms with Gasteiger partial charge in [-0.1, -0.05) is 48.0 Å². The average molecular weight is 540 g/mol. The Hall–Kier alpha value is -2.20. The van der Waals surface area contributed by atoms with E-state index in [1.54, 1.807) is 12.1 Å². The Morgan fingerprint density at radius 2 is 1.80 bits per heavy atom. The van der Waals surface area contributed by atoms with Crippen molar-refractivity contribution in [3.05, 3.63) is 76.1 Å². The van der Waals surface area contributed by atoms with Crippen LogP contribution in [0, 0.1) is 11.8 Å². The summed E-state index contributed by atoms with van der Waals surface area (Å²) in [6.07, 6.45) is -2.93. The number of rotatable bonds is 7. The zero-order chi connectivity index (χ0) is 25.0. The van der Waals surface area contributed by atoms with E-state index in [0.29, 0.717) is 22.9 Å². The van der Waals surface area contributed by atoms with Crippen molar-refractivity contribution in [2.24, 2.45) is 11.8 Å². The third-order valence-corrected chi connectivity index (χ3v) is 10.2. The maximum atomic E-state index is 13.2. The molecule has 0 unspecified atom stereocenters. The van der Waals surface area contributed by atoms with Crippen molar-refractivity contribution in [1.82, 2.24) is 4.31 Å². The molecule has 1 saturated carbocycles. The van der Waals surface area contributed by atoms with Crippen LogP contribution in [-0.2, 0) is 27.4 Å². The first-order valence-corrected chi connectivity index (χ1v) is 13.7. The molecule has 5 rings (SSSR count). The van der Waals surface area contributed by atoms with Crippen molar-refractivity contribution in [2.45, 2.75) is 35.7 Å². The molecule has 1 saturated heterocycles. The lowest BCUT2D eigenvalue weighted by atomic mass is 9.97. The highest BCUT2D eigenvalue weighted by Crippen LogP contribution is 2.52. The predicted octanol–water partition coefficient (Wildman–Crippen LogP) is 6.30. The minimum absolute atomic E-state index is 0.0613. The van der Waals surface area contributed by atoms with Gasteiger partial charge in [0, 0.05) is 13.0 Å². The second-order valence-electron chi connectivity index (χ2n) is 8.98. The molecule has 0 N–H and O–H groups in total. The zero-order valence-corrected chi connectivity index (χ0v) is 20.7. The van der Waals surface area contributed by atoms with Crippen LogP contribution in [-0.4, -0.2) is 31.1 Å². The highest BCUT2D eigenvalue weighted by atomic mass is 35.5. The second kappa shape index (κ2) is 9.03. The maximum absolute atomic E-state index is 13.2. The fraction of sp³-hybridized carbons (Fsp3) is 0.320. The largest absolute Gasteiger partial charge is 0.416 e. The molecule has 0 spiro atoms. The minimum Gasteiger partial charge on any atom is -0.298 e. The lowest BCUT2D eigenvalue weighted by Crippen LogP contribution is -2.43. The number of carbonyl (C=O) groups excluding carboxylic acids is 1. The number of hydrogen-bond acceptors (Lipinski definition) is 4. The summed E-state index contributed by atoms with van der Waals surface area (Å²) in [6, 6.07) is 14.6. The van der Waals surface area contributed by atoms with Crippen LogP contribution < -0.4 is 0 Å². The van der Waals surface area contributed by atoms with Crippen molar-refractivity contribution in [3.8, 4) is 11.1 Å². The number of ketones is 1. The van der Waals surface area contributed by atoms with Crippen LogP contribution in [0.25, 0.3) is 11.1 Å². The van der Waals surface area contributed by atoms with Crippen molar-refractivity contribution in [2.75, 3.05) is 6.54 Å². The standard InChI is InChI=1S/C25H21ClF3NO3S2/c26-22-10-11-23(34-22)35(32,33)30-14-18-13-20(18)24(30)21(31)9-4-15-2-1-3-17(12-15)16-5-7-19(8-6-16)25(27,28)29/h1-3,5-8,10-12,18,20,24H,4,9,13-14H2/t18-,20-,24-/m0/s1. The average Bonchev–Trinajstić information content (AvgIpc) is 3.25. The molecule has 0 radical (unpaired) electrons. The van der Waals surface area contributed by atoms with E-state index in [1.165, 1.54) is 28.6 Å². The molecule has 2 fully saturated rings. The number of benzene rings is 2. The highest BCUT2D eigenvalue weighted by Gasteiger charge is 2.58. The molecule has 10 heteroatoms. The van der Waals surface area contributed by atoms with Crippen LogP contribution in [0.15, 0.2) is 64.9 Å². The summed E-state index contributed by atoms with van der Waals surface area (Å²) < 4.78 is 66.7. The third-order valence-electron chi connectivity index (χ3n) is 6.68. The molecule has 2 aromatic carbocycles. The van der Waals surface area contributed by atoms with E-state index >= 15 is 0 Å². The number of nitrogens with zero attached hydrogens (tertiary/aromatic N) is 1. The zero-order valence-electron chi connectivity index (χ0n) is 18.3. The van der Waals surface area contributed by atoms with E-state index in [1.807, 2.05) is 12.1 Å². The molecule has 0 bridgehead atoms. The summed E-state index contributed by atoms with van der Waals surface area (Å²) in [5.74, 6) is 0.171. The number of hydrogen-bond donors (Lipinski definition) is 0. The first kappa shape index (κ1) is 24.5. The number of Topliss-reactive ketones (excluding diaryl/α,β-unsaturated/α-hetero) is 1. The predicted molar refractivity (Wildman–Crippen MR) is 129 cm³/mol. The third kappa shape index (κ3) is 4.91. The minimum atomic E-state index is -4.39. The van der Waals surface area contributed by atoms with E-state index in [2.05, 4.69) is 0 Å². The van der Waals surface area contributed by atoms with E-state index < -0.39 is 27.8 Å². The van der Waals surface area contributed by atoms with Crippen molar-refractivity contribution in [1.29, 1.82) is 0 Å².